The minimum Gasteiger partial charge on any atom is -0.481 e. The highest BCUT2D eigenvalue weighted by Crippen LogP contribution is 2.16. The average molecular weight is 292 g/mol. The van der Waals surface area contributed by atoms with Crippen molar-refractivity contribution in [2.24, 2.45) is 11.8 Å². The van der Waals surface area contributed by atoms with Gasteiger partial charge < -0.3 is 15.7 Å². The first-order valence-corrected chi connectivity index (χ1v) is 7.31. The van der Waals surface area contributed by atoms with Crippen molar-refractivity contribution in [3.05, 3.63) is 29.8 Å². The third-order valence-corrected chi connectivity index (χ3v) is 3.39. The SMILES string of the molecule is CCCc1ccccc1NC(=O)NCC(C(=O)O)C(C)C. The zero-order valence-electron chi connectivity index (χ0n) is 12.8. The van der Waals surface area contributed by atoms with Gasteiger partial charge in [0.15, 0.2) is 0 Å². The largest absolute Gasteiger partial charge is 0.481 e. The standard InChI is InChI=1S/C16H24N2O3/c1-4-7-12-8-5-6-9-14(12)18-16(21)17-10-13(11(2)3)15(19)20/h5-6,8-9,11,13H,4,7,10H2,1-3H3,(H,19,20)(H2,17,18,21). The predicted molar refractivity (Wildman–Crippen MR) is 83.4 cm³/mol. The molecule has 0 heterocycles. The number of nitrogens with one attached hydrogen (secondary N) is 2. The molecular weight excluding hydrogens is 268 g/mol. The fraction of sp³-hybridized carbons (Fsp3) is 0.500. The van der Waals surface area contributed by atoms with E-state index in [9.17, 15) is 9.59 Å². The fourth-order valence-corrected chi connectivity index (χ4v) is 2.11. The monoisotopic (exact) mass is 292 g/mol. The normalized spacial score (nSPS) is 12.0. The first kappa shape index (κ1) is 17.0. The number of para-hydroxylation sites is 1. The highest BCUT2D eigenvalue weighted by atomic mass is 16.4. The molecule has 5 nitrogen and oxygen atoms in total. The van der Waals surface area contributed by atoms with Gasteiger partial charge in [0.2, 0.25) is 0 Å². The predicted octanol–water partition coefficient (Wildman–Crippen LogP) is 3.12. The molecule has 1 atom stereocenters. The summed E-state index contributed by atoms with van der Waals surface area (Å²) in [4.78, 5) is 23.0. The van der Waals surface area contributed by atoms with Crippen LogP contribution in [-0.2, 0) is 11.2 Å². The van der Waals surface area contributed by atoms with Gasteiger partial charge in [0, 0.05) is 12.2 Å². The van der Waals surface area contributed by atoms with E-state index >= 15 is 0 Å². The number of carboxylic acid groups (broad SMARTS) is 1. The number of urea groups is 1. The highest BCUT2D eigenvalue weighted by molar-refractivity contribution is 5.90. The number of carboxylic acids is 1. The van der Waals surface area contributed by atoms with Crippen molar-refractivity contribution >= 4 is 17.7 Å². The Kier molecular flexibility index (Phi) is 6.72. The lowest BCUT2D eigenvalue weighted by atomic mass is 9.96. The minimum absolute atomic E-state index is 0.0322. The number of benzene rings is 1. The summed E-state index contributed by atoms with van der Waals surface area (Å²) in [6, 6.07) is 7.26. The van der Waals surface area contributed by atoms with Crippen molar-refractivity contribution in [2.75, 3.05) is 11.9 Å². The van der Waals surface area contributed by atoms with Crippen molar-refractivity contribution in [3.8, 4) is 0 Å². The molecule has 21 heavy (non-hydrogen) atoms. The van der Waals surface area contributed by atoms with E-state index in [1.165, 1.54) is 0 Å². The van der Waals surface area contributed by atoms with Gasteiger partial charge in [0.1, 0.15) is 0 Å². The summed E-state index contributed by atoms with van der Waals surface area (Å²) in [7, 11) is 0. The van der Waals surface area contributed by atoms with Crippen LogP contribution in [0.15, 0.2) is 24.3 Å². The van der Waals surface area contributed by atoms with Crippen LogP contribution in [0.3, 0.4) is 0 Å². The number of aryl methyl sites for hydroxylation is 1. The van der Waals surface area contributed by atoms with Gasteiger partial charge in [-0.15, -0.1) is 0 Å². The lowest BCUT2D eigenvalue weighted by Gasteiger charge is -2.17. The number of carbonyl (C=O) groups is 2. The molecule has 0 aliphatic rings. The number of hydrogen-bond donors (Lipinski definition) is 3. The molecule has 0 fully saturated rings. The first-order valence-electron chi connectivity index (χ1n) is 7.31. The van der Waals surface area contributed by atoms with E-state index in [2.05, 4.69) is 17.6 Å². The minimum atomic E-state index is -0.892. The van der Waals surface area contributed by atoms with E-state index in [-0.39, 0.29) is 18.5 Å². The lowest BCUT2D eigenvalue weighted by Crippen LogP contribution is -2.37. The molecule has 0 radical (unpaired) electrons. The molecule has 0 aliphatic heterocycles. The second kappa shape index (κ2) is 8.29. The van der Waals surface area contributed by atoms with E-state index in [0.717, 1.165) is 24.1 Å². The van der Waals surface area contributed by atoms with Gasteiger partial charge in [-0.3, -0.25) is 4.79 Å². The molecule has 0 bridgehead atoms. The average Bonchev–Trinajstić information content (AvgIpc) is 2.40. The van der Waals surface area contributed by atoms with Crippen LogP contribution in [0.2, 0.25) is 0 Å². The number of aliphatic carboxylic acids is 1. The van der Waals surface area contributed by atoms with Crippen LogP contribution in [0.5, 0.6) is 0 Å². The van der Waals surface area contributed by atoms with Crippen molar-refractivity contribution in [1.29, 1.82) is 0 Å². The zero-order chi connectivity index (χ0) is 15.8. The van der Waals surface area contributed by atoms with Crippen LogP contribution in [-0.4, -0.2) is 23.7 Å². The highest BCUT2D eigenvalue weighted by Gasteiger charge is 2.22. The maximum atomic E-state index is 11.9. The summed E-state index contributed by atoms with van der Waals surface area (Å²) >= 11 is 0. The fourth-order valence-electron chi connectivity index (χ4n) is 2.11. The van der Waals surface area contributed by atoms with E-state index in [4.69, 9.17) is 5.11 Å². The summed E-state index contributed by atoms with van der Waals surface area (Å²) < 4.78 is 0. The van der Waals surface area contributed by atoms with E-state index < -0.39 is 11.9 Å². The van der Waals surface area contributed by atoms with Gasteiger partial charge in [-0.25, -0.2) is 4.79 Å². The van der Waals surface area contributed by atoms with Crippen LogP contribution in [0.4, 0.5) is 10.5 Å². The second-order valence-corrected chi connectivity index (χ2v) is 5.43. The number of rotatable bonds is 7. The Balaban J connectivity index is 2.60. The molecule has 1 aromatic rings. The number of amides is 2. The van der Waals surface area contributed by atoms with Gasteiger partial charge >= 0.3 is 12.0 Å². The van der Waals surface area contributed by atoms with Crippen molar-refractivity contribution < 1.29 is 14.7 Å². The van der Waals surface area contributed by atoms with Crippen molar-refractivity contribution in [2.45, 2.75) is 33.6 Å². The summed E-state index contributed by atoms with van der Waals surface area (Å²) in [5, 5.41) is 14.5. The first-order chi connectivity index (χ1) is 9.95. The molecule has 2 amide bonds. The number of anilines is 1. The third-order valence-electron chi connectivity index (χ3n) is 3.39. The maximum absolute atomic E-state index is 11.9. The number of hydrogen-bond acceptors (Lipinski definition) is 2. The van der Waals surface area contributed by atoms with E-state index in [0.29, 0.717) is 0 Å². The van der Waals surface area contributed by atoms with Gasteiger partial charge in [-0.2, -0.15) is 0 Å². The third kappa shape index (κ3) is 5.45. The van der Waals surface area contributed by atoms with Crippen LogP contribution in [0.25, 0.3) is 0 Å². The van der Waals surface area contributed by atoms with Gasteiger partial charge in [-0.05, 0) is 24.0 Å². The molecule has 1 unspecified atom stereocenters. The maximum Gasteiger partial charge on any atom is 0.319 e. The van der Waals surface area contributed by atoms with Crippen LogP contribution < -0.4 is 10.6 Å². The smallest absolute Gasteiger partial charge is 0.319 e. The molecule has 0 aromatic heterocycles. The quantitative estimate of drug-likeness (QED) is 0.722. The molecule has 116 valence electrons. The Morgan fingerprint density at radius 1 is 1.24 bits per heavy atom. The molecule has 0 spiro atoms. The van der Waals surface area contributed by atoms with Gasteiger partial charge in [0.25, 0.3) is 0 Å². The number of carbonyl (C=O) groups excluding carboxylic acids is 1. The van der Waals surface area contributed by atoms with Crippen LogP contribution >= 0.6 is 0 Å². The summed E-state index contributed by atoms with van der Waals surface area (Å²) in [6.07, 6.45) is 1.88. The van der Waals surface area contributed by atoms with Gasteiger partial charge in [-0.1, -0.05) is 45.4 Å². The van der Waals surface area contributed by atoms with E-state index in [1.54, 1.807) is 0 Å². The second-order valence-electron chi connectivity index (χ2n) is 5.43. The Morgan fingerprint density at radius 3 is 2.48 bits per heavy atom. The molecule has 5 heteroatoms. The molecule has 0 aliphatic carbocycles. The Labute approximate surface area is 125 Å². The summed E-state index contributed by atoms with van der Waals surface area (Å²) in [5.41, 5.74) is 1.85. The van der Waals surface area contributed by atoms with Crippen LogP contribution in [0.1, 0.15) is 32.8 Å². The Morgan fingerprint density at radius 2 is 1.90 bits per heavy atom. The topological polar surface area (TPSA) is 78.4 Å². The van der Waals surface area contributed by atoms with Crippen molar-refractivity contribution in [1.82, 2.24) is 5.32 Å². The van der Waals surface area contributed by atoms with Crippen molar-refractivity contribution in [3.63, 3.8) is 0 Å². The molecule has 1 rings (SSSR count). The molecule has 0 saturated heterocycles. The van der Waals surface area contributed by atoms with Gasteiger partial charge in [0.05, 0.1) is 5.92 Å². The summed E-state index contributed by atoms with van der Waals surface area (Å²) in [5.74, 6) is -1.51. The lowest BCUT2D eigenvalue weighted by molar-refractivity contribution is -0.142. The van der Waals surface area contributed by atoms with E-state index in [1.807, 2.05) is 38.1 Å². The molecule has 1 aromatic carbocycles. The zero-order valence-corrected chi connectivity index (χ0v) is 12.8. The van der Waals surface area contributed by atoms with Crippen LogP contribution in [0, 0.1) is 11.8 Å². The Hall–Kier alpha value is -2.04. The Bertz CT molecular complexity index is 486. The molecule has 0 saturated carbocycles. The molecule has 3 N–H and O–H groups in total. The summed E-state index contributed by atoms with van der Waals surface area (Å²) in [6.45, 7) is 5.86. The molecular formula is C16H24N2O3.